The van der Waals surface area contributed by atoms with E-state index in [9.17, 15) is 0 Å². The number of aryl methyl sites for hydroxylation is 1. The SMILES string of the molecule is CCc1nc(-c2ccc([C@@H](C)N3CCCCC3)cc2)n[nH]1. The predicted molar refractivity (Wildman–Crippen MR) is 85.0 cm³/mol. The summed E-state index contributed by atoms with van der Waals surface area (Å²) in [4.78, 5) is 7.07. The molecule has 2 heterocycles. The second-order valence-corrected chi connectivity index (χ2v) is 5.85. The van der Waals surface area contributed by atoms with Gasteiger partial charge in [0, 0.05) is 18.0 Å². The molecule has 1 saturated heterocycles. The largest absolute Gasteiger partial charge is 0.297 e. The van der Waals surface area contributed by atoms with Crippen LogP contribution in [0, 0.1) is 0 Å². The third-order valence-corrected chi connectivity index (χ3v) is 4.46. The van der Waals surface area contributed by atoms with Crippen molar-refractivity contribution >= 4 is 0 Å². The lowest BCUT2D eigenvalue weighted by molar-refractivity contribution is 0.175. The van der Waals surface area contributed by atoms with Gasteiger partial charge in [0.15, 0.2) is 5.82 Å². The average Bonchev–Trinajstić information content (AvgIpc) is 3.04. The van der Waals surface area contributed by atoms with E-state index in [4.69, 9.17) is 0 Å². The monoisotopic (exact) mass is 284 g/mol. The van der Waals surface area contributed by atoms with Crippen LogP contribution in [0.3, 0.4) is 0 Å². The van der Waals surface area contributed by atoms with Crippen LogP contribution in [0.25, 0.3) is 11.4 Å². The highest BCUT2D eigenvalue weighted by molar-refractivity contribution is 5.55. The first kappa shape index (κ1) is 14.3. The van der Waals surface area contributed by atoms with Gasteiger partial charge in [-0.25, -0.2) is 4.98 Å². The molecule has 4 heteroatoms. The molecule has 1 aromatic carbocycles. The van der Waals surface area contributed by atoms with Gasteiger partial charge in [-0.1, -0.05) is 37.6 Å². The maximum atomic E-state index is 4.49. The van der Waals surface area contributed by atoms with Crippen molar-refractivity contribution in [2.45, 2.75) is 45.6 Å². The minimum atomic E-state index is 0.498. The van der Waals surface area contributed by atoms with Gasteiger partial charge in [-0.05, 0) is 38.4 Å². The van der Waals surface area contributed by atoms with Crippen molar-refractivity contribution in [3.63, 3.8) is 0 Å². The maximum absolute atomic E-state index is 4.49. The molecule has 4 nitrogen and oxygen atoms in total. The standard InChI is InChI=1S/C17H24N4/c1-3-16-18-17(20-19-16)15-9-7-14(8-10-15)13(2)21-11-5-4-6-12-21/h7-10,13H,3-6,11-12H2,1-2H3,(H,18,19,20)/t13-/m1/s1. The van der Waals surface area contributed by atoms with Crippen molar-refractivity contribution < 1.29 is 0 Å². The highest BCUT2D eigenvalue weighted by atomic mass is 15.2. The molecule has 2 aromatic rings. The Morgan fingerprint density at radius 1 is 1.14 bits per heavy atom. The Hall–Kier alpha value is -1.68. The number of aromatic amines is 1. The number of piperidine rings is 1. The molecule has 0 unspecified atom stereocenters. The van der Waals surface area contributed by atoms with Gasteiger partial charge in [0.05, 0.1) is 0 Å². The Labute approximate surface area is 126 Å². The molecule has 112 valence electrons. The van der Waals surface area contributed by atoms with Crippen LogP contribution < -0.4 is 0 Å². The van der Waals surface area contributed by atoms with Crippen LogP contribution in [0.1, 0.15) is 50.5 Å². The number of rotatable bonds is 4. The second-order valence-electron chi connectivity index (χ2n) is 5.85. The lowest BCUT2D eigenvalue weighted by Crippen LogP contribution is -2.32. The van der Waals surface area contributed by atoms with Crippen LogP contribution in [0.4, 0.5) is 0 Å². The van der Waals surface area contributed by atoms with Crippen molar-refractivity contribution in [2.75, 3.05) is 13.1 Å². The normalized spacial score (nSPS) is 17.8. The molecule has 3 rings (SSSR count). The van der Waals surface area contributed by atoms with Crippen LogP contribution in [0.2, 0.25) is 0 Å². The Morgan fingerprint density at radius 3 is 2.48 bits per heavy atom. The van der Waals surface area contributed by atoms with Crippen LogP contribution in [-0.2, 0) is 6.42 Å². The fraction of sp³-hybridized carbons (Fsp3) is 0.529. The van der Waals surface area contributed by atoms with Crippen LogP contribution in [-0.4, -0.2) is 33.2 Å². The molecule has 1 aliphatic heterocycles. The highest BCUT2D eigenvalue weighted by Crippen LogP contribution is 2.25. The Kier molecular flexibility index (Phi) is 4.34. The van der Waals surface area contributed by atoms with Crippen molar-refractivity contribution in [1.82, 2.24) is 20.1 Å². The molecule has 0 aliphatic carbocycles. The molecule has 21 heavy (non-hydrogen) atoms. The van der Waals surface area contributed by atoms with E-state index in [2.05, 4.69) is 58.2 Å². The van der Waals surface area contributed by atoms with E-state index in [0.717, 1.165) is 23.6 Å². The summed E-state index contributed by atoms with van der Waals surface area (Å²) < 4.78 is 0. The number of hydrogen-bond acceptors (Lipinski definition) is 3. The van der Waals surface area contributed by atoms with Gasteiger partial charge >= 0.3 is 0 Å². The quantitative estimate of drug-likeness (QED) is 0.933. The van der Waals surface area contributed by atoms with E-state index in [1.807, 2.05) is 0 Å². The number of H-pyrrole nitrogens is 1. The molecular formula is C17H24N4. The molecule has 1 fully saturated rings. The van der Waals surface area contributed by atoms with Crippen molar-refractivity contribution in [2.24, 2.45) is 0 Å². The van der Waals surface area contributed by atoms with Gasteiger partial charge in [-0.3, -0.25) is 10.00 Å². The first-order chi connectivity index (χ1) is 10.3. The zero-order valence-corrected chi connectivity index (χ0v) is 13.0. The highest BCUT2D eigenvalue weighted by Gasteiger charge is 2.18. The van der Waals surface area contributed by atoms with Gasteiger partial charge in [0.2, 0.25) is 0 Å². The van der Waals surface area contributed by atoms with Crippen molar-refractivity contribution in [1.29, 1.82) is 0 Å². The molecule has 0 radical (unpaired) electrons. The van der Waals surface area contributed by atoms with Crippen molar-refractivity contribution in [3.8, 4) is 11.4 Å². The fourth-order valence-corrected chi connectivity index (χ4v) is 3.01. The number of aromatic nitrogens is 3. The fourth-order valence-electron chi connectivity index (χ4n) is 3.01. The molecule has 0 amide bonds. The lowest BCUT2D eigenvalue weighted by atomic mass is 10.0. The van der Waals surface area contributed by atoms with E-state index in [-0.39, 0.29) is 0 Å². The van der Waals surface area contributed by atoms with Gasteiger partial charge in [-0.15, -0.1) is 0 Å². The van der Waals surface area contributed by atoms with E-state index >= 15 is 0 Å². The van der Waals surface area contributed by atoms with Crippen LogP contribution in [0.15, 0.2) is 24.3 Å². The minimum Gasteiger partial charge on any atom is -0.297 e. The third-order valence-electron chi connectivity index (χ3n) is 4.46. The van der Waals surface area contributed by atoms with E-state index < -0.39 is 0 Å². The first-order valence-electron chi connectivity index (χ1n) is 8.03. The Bertz CT molecular complexity index is 567. The molecule has 0 saturated carbocycles. The number of likely N-dealkylation sites (tertiary alicyclic amines) is 1. The number of nitrogens with one attached hydrogen (secondary N) is 1. The molecule has 1 aliphatic rings. The molecular weight excluding hydrogens is 260 g/mol. The summed E-state index contributed by atoms with van der Waals surface area (Å²) in [6.45, 7) is 6.84. The third kappa shape index (κ3) is 3.16. The Balaban J connectivity index is 1.73. The first-order valence-corrected chi connectivity index (χ1v) is 8.03. The van der Waals surface area contributed by atoms with Crippen molar-refractivity contribution in [3.05, 3.63) is 35.7 Å². The van der Waals surface area contributed by atoms with Gasteiger partial charge in [0.25, 0.3) is 0 Å². The van der Waals surface area contributed by atoms with E-state index in [0.29, 0.717) is 6.04 Å². The molecule has 0 bridgehead atoms. The summed E-state index contributed by atoms with van der Waals surface area (Å²) in [5, 5.41) is 7.25. The van der Waals surface area contributed by atoms with E-state index in [1.54, 1.807) is 0 Å². The smallest absolute Gasteiger partial charge is 0.181 e. The molecule has 1 atom stereocenters. The zero-order valence-electron chi connectivity index (χ0n) is 13.0. The summed E-state index contributed by atoms with van der Waals surface area (Å²) in [6, 6.07) is 9.21. The summed E-state index contributed by atoms with van der Waals surface area (Å²) in [5.41, 5.74) is 2.47. The second kappa shape index (κ2) is 6.39. The van der Waals surface area contributed by atoms with Gasteiger partial charge < -0.3 is 0 Å². The number of benzene rings is 1. The average molecular weight is 284 g/mol. The van der Waals surface area contributed by atoms with Crippen LogP contribution in [0.5, 0.6) is 0 Å². The molecule has 0 spiro atoms. The van der Waals surface area contributed by atoms with Gasteiger partial charge in [0.1, 0.15) is 5.82 Å². The van der Waals surface area contributed by atoms with Crippen LogP contribution >= 0.6 is 0 Å². The summed E-state index contributed by atoms with van der Waals surface area (Å²) in [6.07, 6.45) is 4.93. The lowest BCUT2D eigenvalue weighted by Gasteiger charge is -2.32. The number of hydrogen-bond donors (Lipinski definition) is 1. The predicted octanol–water partition coefficient (Wildman–Crippen LogP) is 3.58. The molecule has 1 aromatic heterocycles. The number of nitrogens with zero attached hydrogens (tertiary/aromatic N) is 3. The van der Waals surface area contributed by atoms with E-state index in [1.165, 1.54) is 37.9 Å². The maximum Gasteiger partial charge on any atom is 0.181 e. The Morgan fingerprint density at radius 2 is 1.86 bits per heavy atom. The minimum absolute atomic E-state index is 0.498. The topological polar surface area (TPSA) is 44.8 Å². The molecule has 1 N–H and O–H groups in total. The summed E-state index contributed by atoms with van der Waals surface area (Å²) in [7, 11) is 0. The van der Waals surface area contributed by atoms with Gasteiger partial charge in [-0.2, -0.15) is 5.10 Å². The summed E-state index contributed by atoms with van der Waals surface area (Å²) >= 11 is 0. The zero-order chi connectivity index (χ0) is 14.7. The summed E-state index contributed by atoms with van der Waals surface area (Å²) in [5.74, 6) is 1.74.